The first-order valence-corrected chi connectivity index (χ1v) is 16.8. The van der Waals surface area contributed by atoms with Gasteiger partial charge in [-0.05, 0) is 70.9 Å². The zero-order valence-electron chi connectivity index (χ0n) is 26.2. The first kappa shape index (κ1) is 34.9. The normalized spacial score (nSPS) is 14.2. The van der Waals surface area contributed by atoms with Crippen molar-refractivity contribution in [2.24, 2.45) is 0 Å². The third kappa shape index (κ3) is 8.32. The number of carbonyl (C=O) groups excluding carboxylic acids is 2. The molecular formula is C32H40N2O8S2. The van der Waals surface area contributed by atoms with Crippen LogP contribution in [0.5, 0.6) is 0 Å². The second-order valence-electron chi connectivity index (χ2n) is 12.2. The Bertz CT molecular complexity index is 1560. The van der Waals surface area contributed by atoms with Crippen LogP contribution >= 0.6 is 0 Å². The van der Waals surface area contributed by atoms with Crippen LogP contribution in [-0.2, 0) is 39.1 Å². The summed E-state index contributed by atoms with van der Waals surface area (Å²) in [5, 5.41) is 0. The van der Waals surface area contributed by atoms with Crippen LogP contribution in [0.3, 0.4) is 0 Å². The zero-order chi connectivity index (χ0) is 33.1. The van der Waals surface area contributed by atoms with E-state index in [1.807, 2.05) is 0 Å². The average molecular weight is 645 g/mol. The molecular weight excluding hydrogens is 604 g/mol. The molecule has 44 heavy (non-hydrogen) atoms. The summed E-state index contributed by atoms with van der Waals surface area (Å²) in [7, 11) is -6.43. The molecule has 0 spiro atoms. The van der Waals surface area contributed by atoms with Gasteiger partial charge in [-0.15, -0.1) is 0 Å². The van der Waals surface area contributed by atoms with Crippen LogP contribution in [0.25, 0.3) is 0 Å². The Morgan fingerprint density at radius 2 is 0.886 bits per heavy atom. The Balaban J connectivity index is 2.06. The summed E-state index contributed by atoms with van der Waals surface area (Å²) in [5.74, 6) is -1.58. The highest BCUT2D eigenvalue weighted by Crippen LogP contribution is 2.32. The van der Waals surface area contributed by atoms with Crippen molar-refractivity contribution >= 4 is 32.0 Å². The van der Waals surface area contributed by atoms with E-state index in [1.165, 1.54) is 32.3 Å². The van der Waals surface area contributed by atoms with E-state index in [2.05, 4.69) is 0 Å². The molecule has 3 rings (SSSR count). The minimum atomic E-state index is -4.45. The molecule has 0 aliphatic heterocycles. The lowest BCUT2D eigenvalue weighted by molar-refractivity contribution is -0.160. The number of sulfonamides is 2. The van der Waals surface area contributed by atoms with Crippen LogP contribution in [0.1, 0.15) is 64.8 Å². The third-order valence-electron chi connectivity index (χ3n) is 6.38. The second-order valence-corrected chi connectivity index (χ2v) is 16.2. The van der Waals surface area contributed by atoms with Crippen LogP contribution < -0.4 is 0 Å². The van der Waals surface area contributed by atoms with Gasteiger partial charge in [-0.2, -0.15) is 8.61 Å². The van der Waals surface area contributed by atoms with Crippen molar-refractivity contribution in [2.45, 2.75) is 74.6 Å². The number of hydrogen-bond donors (Lipinski definition) is 0. The summed E-state index contributed by atoms with van der Waals surface area (Å²) in [5.41, 5.74) is -1.04. The van der Waals surface area contributed by atoms with E-state index in [4.69, 9.17) is 9.47 Å². The molecule has 0 N–H and O–H groups in total. The third-order valence-corrected chi connectivity index (χ3v) is 10.0. The lowest BCUT2D eigenvalue weighted by Gasteiger charge is -2.30. The summed E-state index contributed by atoms with van der Waals surface area (Å²) >= 11 is 0. The van der Waals surface area contributed by atoms with E-state index >= 15 is 0 Å². The van der Waals surface area contributed by atoms with Crippen LogP contribution in [-0.4, -0.2) is 62.7 Å². The van der Waals surface area contributed by atoms with E-state index in [1.54, 1.807) is 102 Å². The van der Waals surface area contributed by atoms with Crippen molar-refractivity contribution in [1.82, 2.24) is 8.61 Å². The smallest absolute Gasteiger partial charge is 0.329 e. The van der Waals surface area contributed by atoms with Gasteiger partial charge in [0.15, 0.2) is 0 Å². The molecule has 0 aromatic heterocycles. The number of esters is 2. The molecule has 0 heterocycles. The van der Waals surface area contributed by atoms with Gasteiger partial charge in [0, 0.05) is 14.1 Å². The van der Waals surface area contributed by atoms with Crippen LogP contribution in [0.15, 0.2) is 94.7 Å². The first-order chi connectivity index (χ1) is 20.3. The Kier molecular flexibility index (Phi) is 10.5. The van der Waals surface area contributed by atoms with Gasteiger partial charge in [-0.1, -0.05) is 66.7 Å². The van der Waals surface area contributed by atoms with Crippen molar-refractivity contribution in [3.63, 3.8) is 0 Å². The van der Waals surface area contributed by atoms with Gasteiger partial charge < -0.3 is 9.47 Å². The standard InChI is InChI=1S/C32H40N2O8S2/c1-31(2,3)41-29(35)27(23-16-11-9-12-17-23)33(7)43(37,38)25-20-15-21-26(22-25)44(39,40)34(8)28(24-18-13-10-14-19-24)30(36)42-32(4,5)6/h9-22,27-28H,1-8H3/t27-,28-/m1/s1. The SMILES string of the molecule is CN([C@@H](C(=O)OC(C)(C)C)c1ccccc1)S(=O)(=O)c1cccc(S(=O)(=O)N(C)[C@@H](C(=O)OC(C)(C)C)c2ccccc2)c1. The van der Waals surface area contributed by atoms with E-state index in [-0.39, 0.29) is 9.79 Å². The van der Waals surface area contributed by atoms with Crippen molar-refractivity contribution < 1.29 is 35.9 Å². The fraction of sp³-hybridized carbons (Fsp3) is 0.375. The molecule has 0 saturated heterocycles. The Morgan fingerprint density at radius 3 is 1.18 bits per heavy atom. The van der Waals surface area contributed by atoms with Crippen molar-refractivity contribution in [1.29, 1.82) is 0 Å². The number of benzene rings is 3. The quantitative estimate of drug-likeness (QED) is 0.279. The predicted octanol–water partition coefficient (Wildman–Crippen LogP) is 5.09. The van der Waals surface area contributed by atoms with Crippen LogP contribution in [0, 0.1) is 0 Å². The van der Waals surface area contributed by atoms with Gasteiger partial charge in [0.05, 0.1) is 9.79 Å². The fourth-order valence-electron chi connectivity index (χ4n) is 4.38. The highest BCUT2D eigenvalue weighted by atomic mass is 32.2. The number of nitrogens with zero attached hydrogens (tertiary/aromatic N) is 2. The van der Waals surface area contributed by atoms with Crippen LogP contribution in [0.4, 0.5) is 0 Å². The molecule has 2 atom stereocenters. The average Bonchev–Trinajstić information content (AvgIpc) is 2.92. The topological polar surface area (TPSA) is 127 Å². The monoisotopic (exact) mass is 644 g/mol. The molecule has 0 amide bonds. The molecule has 0 bridgehead atoms. The minimum absolute atomic E-state index is 0.368. The van der Waals surface area contributed by atoms with Gasteiger partial charge in [-0.3, -0.25) is 0 Å². The summed E-state index contributed by atoms with van der Waals surface area (Å²) in [6, 6.07) is 18.7. The molecule has 0 radical (unpaired) electrons. The number of likely N-dealkylation sites (N-methyl/N-ethyl adjacent to an activating group) is 2. The Labute approximate surface area is 260 Å². The van der Waals surface area contributed by atoms with E-state index in [0.29, 0.717) is 11.1 Å². The zero-order valence-corrected chi connectivity index (χ0v) is 27.8. The number of ether oxygens (including phenoxy) is 2. The summed E-state index contributed by atoms with van der Waals surface area (Å²) in [6.07, 6.45) is 0. The summed E-state index contributed by atoms with van der Waals surface area (Å²) < 4.78 is 68.5. The molecule has 0 fully saturated rings. The second kappa shape index (κ2) is 13.2. The molecule has 10 nitrogen and oxygen atoms in total. The van der Waals surface area contributed by atoms with Crippen molar-refractivity contribution in [2.75, 3.05) is 14.1 Å². The van der Waals surface area contributed by atoms with Gasteiger partial charge in [0.1, 0.15) is 23.3 Å². The molecule has 12 heteroatoms. The maximum absolute atomic E-state index is 13.9. The summed E-state index contributed by atoms with van der Waals surface area (Å²) in [4.78, 5) is 25.8. The van der Waals surface area contributed by atoms with E-state index in [0.717, 1.165) is 14.7 Å². The first-order valence-electron chi connectivity index (χ1n) is 13.9. The summed E-state index contributed by atoms with van der Waals surface area (Å²) in [6.45, 7) is 10.0. The van der Waals surface area contributed by atoms with Gasteiger partial charge in [0.2, 0.25) is 20.0 Å². The number of hydrogen-bond acceptors (Lipinski definition) is 8. The molecule has 0 aliphatic rings. The molecule has 3 aromatic rings. The van der Waals surface area contributed by atoms with Crippen molar-refractivity contribution in [3.05, 3.63) is 96.1 Å². The predicted molar refractivity (Wildman–Crippen MR) is 166 cm³/mol. The van der Waals surface area contributed by atoms with E-state index < -0.39 is 55.3 Å². The number of carbonyl (C=O) groups is 2. The van der Waals surface area contributed by atoms with Crippen LogP contribution in [0.2, 0.25) is 0 Å². The molecule has 0 unspecified atom stereocenters. The van der Waals surface area contributed by atoms with Gasteiger partial charge in [-0.25, -0.2) is 26.4 Å². The van der Waals surface area contributed by atoms with Gasteiger partial charge in [0.25, 0.3) is 0 Å². The fourth-order valence-corrected chi connectivity index (χ4v) is 7.14. The molecule has 0 saturated carbocycles. The van der Waals surface area contributed by atoms with Crippen molar-refractivity contribution in [3.8, 4) is 0 Å². The van der Waals surface area contributed by atoms with Gasteiger partial charge >= 0.3 is 11.9 Å². The van der Waals surface area contributed by atoms with E-state index in [9.17, 15) is 26.4 Å². The highest BCUT2D eigenvalue weighted by molar-refractivity contribution is 7.90. The maximum Gasteiger partial charge on any atom is 0.329 e. The molecule has 3 aromatic carbocycles. The lowest BCUT2D eigenvalue weighted by Crippen LogP contribution is -2.40. The Morgan fingerprint density at radius 1 is 0.568 bits per heavy atom. The molecule has 0 aliphatic carbocycles. The maximum atomic E-state index is 13.9. The Hall–Kier alpha value is -3.58. The molecule has 238 valence electrons. The highest BCUT2D eigenvalue weighted by Gasteiger charge is 2.39. The lowest BCUT2D eigenvalue weighted by atomic mass is 10.1. The number of rotatable bonds is 10. The minimum Gasteiger partial charge on any atom is -0.459 e. The largest absolute Gasteiger partial charge is 0.459 e.